The van der Waals surface area contributed by atoms with E-state index >= 15 is 0 Å². The molecule has 0 amide bonds. The van der Waals surface area contributed by atoms with E-state index in [1.165, 1.54) is 25.0 Å². The lowest BCUT2D eigenvalue weighted by Crippen LogP contribution is -2.37. The van der Waals surface area contributed by atoms with Crippen LogP contribution in [0, 0.1) is 10.1 Å². The van der Waals surface area contributed by atoms with E-state index in [1.807, 2.05) is 0 Å². The number of hydrogen-bond donors (Lipinski definition) is 2. The van der Waals surface area contributed by atoms with E-state index in [1.54, 1.807) is 19.2 Å². The molecule has 6 nitrogen and oxygen atoms in total. The molecule has 0 atom stereocenters. The number of guanidine groups is 1. The molecule has 110 valence electrons. The van der Waals surface area contributed by atoms with Crippen molar-refractivity contribution in [3.63, 3.8) is 0 Å². The zero-order valence-electron chi connectivity index (χ0n) is 12.1. The van der Waals surface area contributed by atoms with Crippen molar-refractivity contribution in [3.05, 3.63) is 39.9 Å². The minimum atomic E-state index is -0.397. The molecule has 2 N–H and O–H groups in total. The topological polar surface area (TPSA) is 79.6 Å². The number of hydrogen-bond acceptors (Lipinski definition) is 3. The van der Waals surface area contributed by atoms with E-state index in [9.17, 15) is 10.1 Å². The van der Waals surface area contributed by atoms with E-state index < -0.39 is 4.92 Å². The van der Waals surface area contributed by atoms with Crippen LogP contribution in [0.2, 0.25) is 0 Å². The molecule has 0 aliphatic carbocycles. The summed E-state index contributed by atoms with van der Waals surface area (Å²) in [5.74, 6) is 0.749. The van der Waals surface area contributed by atoms with Crippen LogP contribution in [0.3, 0.4) is 0 Å². The van der Waals surface area contributed by atoms with Gasteiger partial charge in [0.1, 0.15) is 0 Å². The van der Waals surface area contributed by atoms with Crippen LogP contribution >= 0.6 is 0 Å². The number of nitrogens with zero attached hydrogens (tertiary/aromatic N) is 2. The van der Waals surface area contributed by atoms with Gasteiger partial charge in [-0.1, -0.05) is 31.9 Å². The van der Waals surface area contributed by atoms with Gasteiger partial charge >= 0.3 is 0 Å². The van der Waals surface area contributed by atoms with Crippen molar-refractivity contribution in [2.45, 2.75) is 32.7 Å². The van der Waals surface area contributed by atoms with Gasteiger partial charge in [0.15, 0.2) is 5.96 Å². The Morgan fingerprint density at radius 3 is 2.50 bits per heavy atom. The van der Waals surface area contributed by atoms with Crippen molar-refractivity contribution in [2.24, 2.45) is 4.99 Å². The van der Waals surface area contributed by atoms with Crippen LogP contribution < -0.4 is 10.6 Å². The Hall–Kier alpha value is -2.11. The molecule has 6 heteroatoms. The average Bonchev–Trinajstić information content (AvgIpc) is 2.47. The third-order valence-electron chi connectivity index (χ3n) is 2.90. The summed E-state index contributed by atoms with van der Waals surface area (Å²) in [6.45, 7) is 3.65. The van der Waals surface area contributed by atoms with Crippen LogP contribution in [0.15, 0.2) is 29.3 Å². The first-order valence-electron chi connectivity index (χ1n) is 6.85. The quantitative estimate of drug-likeness (QED) is 0.264. The summed E-state index contributed by atoms with van der Waals surface area (Å²) < 4.78 is 0. The maximum absolute atomic E-state index is 10.6. The lowest BCUT2D eigenvalue weighted by Gasteiger charge is -2.11. The molecule has 1 rings (SSSR count). The predicted molar refractivity (Wildman–Crippen MR) is 80.8 cm³/mol. The number of nitrogens with one attached hydrogen (secondary N) is 2. The molecule has 0 unspecified atom stereocenters. The van der Waals surface area contributed by atoms with Crippen molar-refractivity contribution < 1.29 is 4.92 Å². The molecule has 1 aromatic carbocycles. The third kappa shape index (κ3) is 5.69. The van der Waals surface area contributed by atoms with Gasteiger partial charge in [-0.25, -0.2) is 0 Å². The van der Waals surface area contributed by atoms with E-state index in [0.29, 0.717) is 6.54 Å². The Morgan fingerprint density at radius 1 is 1.25 bits per heavy atom. The predicted octanol–water partition coefficient (Wildman–Crippen LogP) is 2.45. The lowest BCUT2D eigenvalue weighted by molar-refractivity contribution is -0.384. The molecular weight excluding hydrogens is 256 g/mol. The summed E-state index contributed by atoms with van der Waals surface area (Å²) in [5, 5.41) is 17.0. The molecule has 20 heavy (non-hydrogen) atoms. The Kier molecular flexibility index (Phi) is 7.10. The van der Waals surface area contributed by atoms with E-state index in [4.69, 9.17) is 0 Å². The highest BCUT2D eigenvalue weighted by Gasteiger charge is 2.04. The van der Waals surface area contributed by atoms with Gasteiger partial charge in [-0.05, 0) is 12.0 Å². The lowest BCUT2D eigenvalue weighted by atomic mass is 10.2. The molecular formula is C14H22N4O2. The smallest absolute Gasteiger partial charge is 0.269 e. The Balaban J connectivity index is 2.38. The van der Waals surface area contributed by atoms with Crippen LogP contribution in [0.1, 0.15) is 31.7 Å². The van der Waals surface area contributed by atoms with Crippen LogP contribution in [0.4, 0.5) is 5.69 Å². The fourth-order valence-electron chi connectivity index (χ4n) is 1.72. The minimum absolute atomic E-state index is 0.107. The van der Waals surface area contributed by atoms with Gasteiger partial charge in [0.25, 0.3) is 5.69 Å². The summed E-state index contributed by atoms with van der Waals surface area (Å²) in [7, 11) is 1.73. The van der Waals surface area contributed by atoms with Gasteiger partial charge in [-0.15, -0.1) is 0 Å². The van der Waals surface area contributed by atoms with Gasteiger partial charge < -0.3 is 10.6 Å². The maximum Gasteiger partial charge on any atom is 0.269 e. The zero-order valence-corrected chi connectivity index (χ0v) is 12.1. The molecule has 0 saturated carbocycles. The number of nitro benzene ring substituents is 1. The molecule has 0 heterocycles. The third-order valence-corrected chi connectivity index (χ3v) is 2.90. The van der Waals surface area contributed by atoms with Gasteiger partial charge in [0.05, 0.1) is 4.92 Å². The number of rotatable bonds is 7. The highest BCUT2D eigenvalue weighted by atomic mass is 16.6. The molecule has 0 fully saturated rings. The van der Waals surface area contributed by atoms with E-state index in [2.05, 4.69) is 22.5 Å². The summed E-state index contributed by atoms with van der Waals surface area (Å²) in [4.78, 5) is 14.3. The van der Waals surface area contributed by atoms with Gasteiger partial charge in [-0.2, -0.15) is 0 Å². The van der Waals surface area contributed by atoms with Gasteiger partial charge in [0, 0.05) is 32.3 Å². The number of unbranched alkanes of at least 4 members (excludes halogenated alkanes) is 2. The number of nitro groups is 1. The second-order valence-corrected chi connectivity index (χ2v) is 4.48. The fourth-order valence-corrected chi connectivity index (χ4v) is 1.72. The minimum Gasteiger partial charge on any atom is -0.356 e. The van der Waals surface area contributed by atoms with Crippen LogP contribution in [0.5, 0.6) is 0 Å². The summed E-state index contributed by atoms with van der Waals surface area (Å²) in [6.07, 6.45) is 3.51. The summed E-state index contributed by atoms with van der Waals surface area (Å²) >= 11 is 0. The highest BCUT2D eigenvalue weighted by Crippen LogP contribution is 2.11. The molecule has 0 aliphatic rings. The second kappa shape index (κ2) is 8.90. The first kappa shape index (κ1) is 15.9. The van der Waals surface area contributed by atoms with E-state index in [-0.39, 0.29) is 5.69 Å². The summed E-state index contributed by atoms with van der Waals surface area (Å²) in [6, 6.07) is 6.51. The first-order valence-corrected chi connectivity index (χ1v) is 6.85. The van der Waals surface area contributed by atoms with Crippen LogP contribution in [0.25, 0.3) is 0 Å². The average molecular weight is 278 g/mol. The van der Waals surface area contributed by atoms with Crippen molar-refractivity contribution in [1.82, 2.24) is 10.6 Å². The monoisotopic (exact) mass is 278 g/mol. The first-order chi connectivity index (χ1) is 9.67. The van der Waals surface area contributed by atoms with Gasteiger partial charge in [0.2, 0.25) is 0 Å². The van der Waals surface area contributed by atoms with Crippen LogP contribution in [-0.2, 0) is 6.54 Å². The molecule has 1 aromatic rings. The Bertz CT molecular complexity index is 443. The highest BCUT2D eigenvalue weighted by molar-refractivity contribution is 5.79. The molecule has 0 aromatic heterocycles. The van der Waals surface area contributed by atoms with E-state index in [0.717, 1.165) is 24.5 Å². The number of non-ortho nitro benzene ring substituents is 1. The van der Waals surface area contributed by atoms with Gasteiger partial charge in [-0.3, -0.25) is 15.1 Å². The molecule has 0 radical (unpaired) electrons. The molecule has 0 spiro atoms. The fraction of sp³-hybridized carbons (Fsp3) is 0.500. The standard InChI is InChI=1S/C14H22N4O2/c1-3-4-5-10-16-14(15-2)17-11-12-6-8-13(9-7-12)18(19)20/h6-9H,3-5,10-11H2,1-2H3,(H2,15,16,17). The Labute approximate surface area is 119 Å². The maximum atomic E-state index is 10.6. The SMILES string of the molecule is CCCCCNC(=NC)NCc1ccc([N+](=O)[O-])cc1. The van der Waals surface area contributed by atoms with Crippen molar-refractivity contribution in [2.75, 3.05) is 13.6 Å². The normalized spacial score (nSPS) is 11.2. The van der Waals surface area contributed by atoms with Crippen molar-refractivity contribution >= 4 is 11.6 Å². The molecule has 0 aliphatic heterocycles. The molecule has 0 bridgehead atoms. The number of benzene rings is 1. The van der Waals surface area contributed by atoms with Crippen LogP contribution in [-0.4, -0.2) is 24.5 Å². The summed E-state index contributed by atoms with van der Waals surface area (Å²) in [5.41, 5.74) is 1.09. The van der Waals surface area contributed by atoms with Crippen molar-refractivity contribution in [3.8, 4) is 0 Å². The molecule has 0 saturated heterocycles. The number of aliphatic imine (C=N–C) groups is 1. The Morgan fingerprint density at radius 2 is 1.95 bits per heavy atom. The zero-order chi connectivity index (χ0) is 14.8. The second-order valence-electron chi connectivity index (χ2n) is 4.48. The van der Waals surface area contributed by atoms with Crippen molar-refractivity contribution in [1.29, 1.82) is 0 Å². The largest absolute Gasteiger partial charge is 0.356 e.